The Bertz CT molecular complexity index is 481. The van der Waals surface area contributed by atoms with Gasteiger partial charge in [-0.05, 0) is 46.5 Å². The summed E-state index contributed by atoms with van der Waals surface area (Å²) in [6.07, 6.45) is 5.81. The van der Waals surface area contributed by atoms with E-state index in [-0.39, 0.29) is 11.2 Å². The first-order chi connectivity index (χ1) is 9.61. The molecule has 0 saturated heterocycles. The lowest BCUT2D eigenvalue weighted by molar-refractivity contribution is -0.129. The monoisotopic (exact) mass is 339 g/mol. The van der Waals surface area contributed by atoms with Crippen molar-refractivity contribution in [2.45, 2.75) is 38.5 Å². The molecule has 0 radical (unpaired) electrons. The molecule has 1 aliphatic rings. The van der Waals surface area contributed by atoms with Gasteiger partial charge in [-0.15, -0.1) is 0 Å². The fourth-order valence-corrected chi connectivity index (χ4v) is 3.61. The van der Waals surface area contributed by atoms with Gasteiger partial charge in [0.05, 0.1) is 11.6 Å². The third kappa shape index (κ3) is 3.23. The van der Waals surface area contributed by atoms with E-state index in [0.29, 0.717) is 13.0 Å². The predicted molar refractivity (Wildman–Crippen MR) is 84.0 cm³/mol. The Morgan fingerprint density at radius 1 is 1.35 bits per heavy atom. The zero-order valence-corrected chi connectivity index (χ0v) is 13.5. The number of carbonyl (C=O) groups is 1. The van der Waals surface area contributed by atoms with Gasteiger partial charge < -0.3 is 10.5 Å². The Kier molecular flexibility index (Phi) is 5.22. The Morgan fingerprint density at radius 2 is 2.05 bits per heavy atom. The fourth-order valence-electron chi connectivity index (χ4n) is 3.02. The topological polar surface area (TPSA) is 52.3 Å². The lowest BCUT2D eigenvalue weighted by Crippen LogP contribution is -2.41. The van der Waals surface area contributed by atoms with Crippen LogP contribution in [-0.2, 0) is 11.2 Å². The summed E-state index contributed by atoms with van der Waals surface area (Å²) < 4.78 is 6.10. The maximum Gasteiger partial charge on any atom is 0.144 e. The first kappa shape index (κ1) is 15.5. The molecule has 110 valence electrons. The van der Waals surface area contributed by atoms with E-state index in [1.165, 1.54) is 6.42 Å². The van der Waals surface area contributed by atoms with Crippen molar-refractivity contribution in [3.05, 3.63) is 28.2 Å². The SMILES string of the molecule is COc1ccc(CC(=O)C2(CN)CCCCC2)cc1Br. The van der Waals surface area contributed by atoms with Gasteiger partial charge in [0.1, 0.15) is 11.5 Å². The highest BCUT2D eigenvalue weighted by Crippen LogP contribution is 2.37. The number of hydrogen-bond donors (Lipinski definition) is 1. The fraction of sp³-hybridized carbons (Fsp3) is 0.562. The van der Waals surface area contributed by atoms with Crippen molar-refractivity contribution < 1.29 is 9.53 Å². The number of benzene rings is 1. The van der Waals surface area contributed by atoms with E-state index in [0.717, 1.165) is 41.5 Å². The maximum absolute atomic E-state index is 12.7. The molecule has 1 aliphatic carbocycles. The molecule has 0 atom stereocenters. The first-order valence-electron chi connectivity index (χ1n) is 7.17. The normalized spacial score (nSPS) is 17.8. The van der Waals surface area contributed by atoms with Crippen molar-refractivity contribution in [2.24, 2.45) is 11.1 Å². The zero-order valence-electron chi connectivity index (χ0n) is 12.0. The lowest BCUT2D eigenvalue weighted by atomic mass is 9.70. The second-order valence-electron chi connectivity index (χ2n) is 5.61. The smallest absolute Gasteiger partial charge is 0.144 e. The Hall–Kier alpha value is -0.870. The van der Waals surface area contributed by atoms with Crippen LogP contribution in [0.15, 0.2) is 22.7 Å². The number of rotatable bonds is 5. The van der Waals surface area contributed by atoms with E-state index in [1.807, 2.05) is 18.2 Å². The molecule has 3 nitrogen and oxygen atoms in total. The molecule has 0 unspecified atom stereocenters. The molecule has 2 rings (SSSR count). The number of nitrogens with two attached hydrogens (primary N) is 1. The molecular formula is C16H22BrNO2. The summed E-state index contributed by atoms with van der Waals surface area (Å²) in [7, 11) is 1.64. The Morgan fingerprint density at radius 3 is 2.60 bits per heavy atom. The van der Waals surface area contributed by atoms with E-state index in [9.17, 15) is 4.79 Å². The number of ketones is 1. The van der Waals surface area contributed by atoms with Crippen molar-refractivity contribution in [2.75, 3.05) is 13.7 Å². The van der Waals surface area contributed by atoms with Crippen LogP contribution in [0.1, 0.15) is 37.7 Å². The number of methoxy groups -OCH3 is 1. The highest BCUT2D eigenvalue weighted by molar-refractivity contribution is 9.10. The van der Waals surface area contributed by atoms with Crippen LogP contribution in [0, 0.1) is 5.41 Å². The van der Waals surface area contributed by atoms with Gasteiger partial charge in [-0.2, -0.15) is 0 Å². The van der Waals surface area contributed by atoms with Gasteiger partial charge in [-0.1, -0.05) is 25.3 Å². The summed E-state index contributed by atoms with van der Waals surface area (Å²) in [5.41, 5.74) is 6.65. The average molecular weight is 340 g/mol. The molecule has 0 heterocycles. The molecule has 1 aromatic carbocycles. The Balaban J connectivity index is 2.12. The van der Waals surface area contributed by atoms with Crippen LogP contribution in [0.3, 0.4) is 0 Å². The number of carbonyl (C=O) groups excluding carboxylic acids is 1. The van der Waals surface area contributed by atoms with E-state index < -0.39 is 0 Å². The van der Waals surface area contributed by atoms with Crippen LogP contribution in [0.5, 0.6) is 5.75 Å². The molecular weight excluding hydrogens is 318 g/mol. The average Bonchev–Trinajstić information content (AvgIpc) is 2.48. The molecule has 0 aromatic heterocycles. The number of hydrogen-bond acceptors (Lipinski definition) is 3. The highest BCUT2D eigenvalue weighted by Gasteiger charge is 2.37. The van der Waals surface area contributed by atoms with Gasteiger partial charge in [-0.3, -0.25) is 4.79 Å². The molecule has 2 N–H and O–H groups in total. The summed E-state index contributed by atoms with van der Waals surface area (Å²) in [6.45, 7) is 0.475. The molecule has 1 saturated carbocycles. The second-order valence-corrected chi connectivity index (χ2v) is 6.47. The van der Waals surface area contributed by atoms with Crippen LogP contribution in [0.4, 0.5) is 0 Å². The summed E-state index contributed by atoms with van der Waals surface area (Å²) >= 11 is 3.46. The van der Waals surface area contributed by atoms with Crippen molar-refractivity contribution in [1.82, 2.24) is 0 Å². The molecule has 1 aromatic rings. The third-order valence-electron chi connectivity index (χ3n) is 4.37. The molecule has 4 heteroatoms. The highest BCUT2D eigenvalue weighted by atomic mass is 79.9. The van der Waals surface area contributed by atoms with Crippen molar-refractivity contribution >= 4 is 21.7 Å². The molecule has 1 fully saturated rings. The number of halogens is 1. The maximum atomic E-state index is 12.7. The van der Waals surface area contributed by atoms with Crippen LogP contribution in [-0.4, -0.2) is 19.4 Å². The quantitative estimate of drug-likeness (QED) is 0.893. The van der Waals surface area contributed by atoms with Crippen molar-refractivity contribution in [1.29, 1.82) is 0 Å². The van der Waals surface area contributed by atoms with Gasteiger partial charge in [0.2, 0.25) is 0 Å². The molecule has 0 aliphatic heterocycles. The number of Topliss-reactive ketones (excluding diaryl/α,β-unsaturated/α-hetero) is 1. The van der Waals surface area contributed by atoms with E-state index in [1.54, 1.807) is 7.11 Å². The van der Waals surface area contributed by atoms with E-state index >= 15 is 0 Å². The van der Waals surface area contributed by atoms with Gasteiger partial charge in [0.25, 0.3) is 0 Å². The van der Waals surface area contributed by atoms with Gasteiger partial charge >= 0.3 is 0 Å². The lowest BCUT2D eigenvalue weighted by Gasteiger charge is -2.34. The largest absolute Gasteiger partial charge is 0.496 e. The van der Waals surface area contributed by atoms with E-state index in [2.05, 4.69) is 15.9 Å². The van der Waals surface area contributed by atoms with Crippen molar-refractivity contribution in [3.63, 3.8) is 0 Å². The van der Waals surface area contributed by atoms with Gasteiger partial charge in [0.15, 0.2) is 0 Å². The summed E-state index contributed by atoms with van der Waals surface area (Å²) in [5, 5.41) is 0. The van der Waals surface area contributed by atoms with Crippen LogP contribution in [0.2, 0.25) is 0 Å². The number of ether oxygens (including phenoxy) is 1. The summed E-state index contributed by atoms with van der Waals surface area (Å²) in [4.78, 5) is 12.7. The molecule has 0 amide bonds. The van der Waals surface area contributed by atoms with Crippen LogP contribution >= 0.6 is 15.9 Å². The minimum Gasteiger partial charge on any atom is -0.496 e. The molecule has 0 spiro atoms. The minimum atomic E-state index is -0.287. The summed E-state index contributed by atoms with van der Waals surface area (Å²) in [5.74, 6) is 1.07. The molecule has 0 bridgehead atoms. The van der Waals surface area contributed by atoms with Gasteiger partial charge in [-0.25, -0.2) is 0 Å². The summed E-state index contributed by atoms with van der Waals surface area (Å²) in [6, 6.07) is 5.81. The Labute approximate surface area is 129 Å². The predicted octanol–water partition coefficient (Wildman–Crippen LogP) is 3.48. The van der Waals surface area contributed by atoms with Crippen molar-refractivity contribution in [3.8, 4) is 5.75 Å². The van der Waals surface area contributed by atoms with Gasteiger partial charge in [0, 0.05) is 18.4 Å². The van der Waals surface area contributed by atoms with Crippen LogP contribution in [0.25, 0.3) is 0 Å². The molecule has 20 heavy (non-hydrogen) atoms. The van der Waals surface area contributed by atoms with E-state index in [4.69, 9.17) is 10.5 Å². The minimum absolute atomic E-state index is 0.287. The second kappa shape index (κ2) is 6.72. The first-order valence-corrected chi connectivity index (χ1v) is 7.96. The van der Waals surface area contributed by atoms with Crippen LogP contribution < -0.4 is 10.5 Å². The zero-order chi connectivity index (χ0) is 14.6. The third-order valence-corrected chi connectivity index (χ3v) is 4.99. The standard InChI is InChI=1S/C16H22BrNO2/c1-20-14-6-5-12(9-13(14)17)10-15(19)16(11-18)7-3-2-4-8-16/h5-6,9H,2-4,7-8,10-11,18H2,1H3.